The van der Waals surface area contributed by atoms with Gasteiger partial charge in [-0.1, -0.05) is 0 Å². The second kappa shape index (κ2) is 4.36. The third kappa shape index (κ3) is 2.07. The van der Waals surface area contributed by atoms with Crippen LogP contribution >= 0.6 is 0 Å². The molecule has 2 aliphatic rings. The van der Waals surface area contributed by atoms with Gasteiger partial charge in [0.15, 0.2) is 0 Å². The van der Waals surface area contributed by atoms with Gasteiger partial charge in [0.1, 0.15) is 11.8 Å². The molecule has 1 unspecified atom stereocenters. The molecule has 1 aromatic rings. The van der Waals surface area contributed by atoms with E-state index < -0.39 is 5.60 Å². The van der Waals surface area contributed by atoms with Crippen molar-refractivity contribution in [2.45, 2.75) is 50.8 Å². The van der Waals surface area contributed by atoms with E-state index in [1.165, 1.54) is 12.0 Å². The van der Waals surface area contributed by atoms with Crippen LogP contribution in [0.2, 0.25) is 0 Å². The molecule has 0 radical (unpaired) electrons. The second-order valence-electron chi connectivity index (χ2n) is 6.04. The first-order valence-corrected chi connectivity index (χ1v) is 7.07. The van der Waals surface area contributed by atoms with Crippen LogP contribution in [0.1, 0.15) is 42.6 Å². The third-order valence-electron chi connectivity index (χ3n) is 4.87. The standard InChI is InChI=1S/C15H21N3O/c1-11-12(8-13(9-16)17(11)2)10-18-7-3-4-14(18)15(19)5-6-15/h8,14,19H,3-7,10H2,1-2H3. The summed E-state index contributed by atoms with van der Waals surface area (Å²) >= 11 is 0. The van der Waals surface area contributed by atoms with Crippen molar-refractivity contribution in [3.63, 3.8) is 0 Å². The fourth-order valence-electron chi connectivity index (χ4n) is 3.33. The molecule has 0 spiro atoms. The van der Waals surface area contributed by atoms with Gasteiger partial charge < -0.3 is 9.67 Å². The minimum absolute atomic E-state index is 0.317. The van der Waals surface area contributed by atoms with Gasteiger partial charge >= 0.3 is 0 Å². The molecule has 19 heavy (non-hydrogen) atoms. The quantitative estimate of drug-likeness (QED) is 0.898. The van der Waals surface area contributed by atoms with E-state index in [1.54, 1.807) is 0 Å². The summed E-state index contributed by atoms with van der Waals surface area (Å²) < 4.78 is 1.95. The van der Waals surface area contributed by atoms with Crippen LogP contribution in [0.15, 0.2) is 6.07 Å². The van der Waals surface area contributed by atoms with Gasteiger partial charge in [0.2, 0.25) is 0 Å². The predicted octanol–water partition coefficient (Wildman–Crippen LogP) is 1.69. The molecule has 3 rings (SSSR count). The highest BCUT2D eigenvalue weighted by atomic mass is 16.3. The number of aliphatic hydroxyl groups is 1. The predicted molar refractivity (Wildman–Crippen MR) is 72.5 cm³/mol. The zero-order valence-electron chi connectivity index (χ0n) is 11.7. The molecule has 0 amide bonds. The molecule has 0 aromatic carbocycles. The Labute approximate surface area is 114 Å². The molecular formula is C15H21N3O. The molecule has 1 saturated carbocycles. The summed E-state index contributed by atoms with van der Waals surface area (Å²) in [5.74, 6) is 0. The molecule has 2 fully saturated rings. The van der Waals surface area contributed by atoms with Crippen LogP contribution in [0, 0.1) is 18.3 Å². The SMILES string of the molecule is Cc1c(CN2CCCC2C2(O)CC2)cc(C#N)n1C. The zero-order valence-corrected chi connectivity index (χ0v) is 11.7. The maximum Gasteiger partial charge on any atom is 0.120 e. The van der Waals surface area contributed by atoms with Crippen molar-refractivity contribution < 1.29 is 5.11 Å². The highest BCUT2D eigenvalue weighted by Crippen LogP contribution is 2.45. The van der Waals surface area contributed by atoms with Gasteiger partial charge in [-0.2, -0.15) is 5.26 Å². The van der Waals surface area contributed by atoms with E-state index in [2.05, 4.69) is 17.9 Å². The number of nitriles is 1. The van der Waals surface area contributed by atoms with E-state index in [4.69, 9.17) is 5.26 Å². The molecule has 1 aliphatic heterocycles. The van der Waals surface area contributed by atoms with Crippen LogP contribution in [0.5, 0.6) is 0 Å². The van der Waals surface area contributed by atoms with Crippen LogP contribution in [0.3, 0.4) is 0 Å². The number of likely N-dealkylation sites (tertiary alicyclic amines) is 1. The average molecular weight is 259 g/mol. The lowest BCUT2D eigenvalue weighted by atomic mass is 10.1. The van der Waals surface area contributed by atoms with Crippen molar-refractivity contribution in [3.8, 4) is 6.07 Å². The molecule has 2 heterocycles. The summed E-state index contributed by atoms with van der Waals surface area (Å²) in [4.78, 5) is 2.40. The van der Waals surface area contributed by atoms with Gasteiger partial charge in [0.25, 0.3) is 0 Å². The van der Waals surface area contributed by atoms with E-state index in [0.29, 0.717) is 11.7 Å². The van der Waals surface area contributed by atoms with Crippen molar-refractivity contribution in [1.29, 1.82) is 5.26 Å². The minimum atomic E-state index is -0.419. The highest BCUT2D eigenvalue weighted by molar-refractivity contribution is 5.34. The average Bonchev–Trinajstić information content (AvgIpc) is 2.86. The lowest BCUT2D eigenvalue weighted by Gasteiger charge is -2.28. The fourth-order valence-corrected chi connectivity index (χ4v) is 3.33. The van der Waals surface area contributed by atoms with Crippen molar-refractivity contribution in [2.24, 2.45) is 7.05 Å². The number of rotatable bonds is 3. The monoisotopic (exact) mass is 259 g/mol. The van der Waals surface area contributed by atoms with Gasteiger partial charge in [0.05, 0.1) is 5.60 Å². The van der Waals surface area contributed by atoms with Crippen molar-refractivity contribution in [2.75, 3.05) is 6.54 Å². The van der Waals surface area contributed by atoms with E-state index in [1.807, 2.05) is 17.7 Å². The molecule has 1 atom stereocenters. The molecule has 1 N–H and O–H groups in total. The van der Waals surface area contributed by atoms with Crippen LogP contribution < -0.4 is 0 Å². The van der Waals surface area contributed by atoms with Crippen LogP contribution in [0.25, 0.3) is 0 Å². The van der Waals surface area contributed by atoms with Crippen molar-refractivity contribution >= 4 is 0 Å². The Balaban J connectivity index is 1.80. The smallest absolute Gasteiger partial charge is 0.120 e. The molecule has 0 bridgehead atoms. The first-order chi connectivity index (χ1) is 9.05. The molecular weight excluding hydrogens is 238 g/mol. The van der Waals surface area contributed by atoms with E-state index in [-0.39, 0.29) is 0 Å². The van der Waals surface area contributed by atoms with E-state index in [0.717, 1.165) is 38.0 Å². The van der Waals surface area contributed by atoms with Crippen molar-refractivity contribution in [1.82, 2.24) is 9.47 Å². The Hall–Kier alpha value is -1.31. The Morgan fingerprint density at radius 1 is 1.53 bits per heavy atom. The normalized spacial score (nSPS) is 25.5. The maximum absolute atomic E-state index is 10.4. The first kappa shape index (κ1) is 12.7. The van der Waals surface area contributed by atoms with Crippen LogP contribution in [-0.2, 0) is 13.6 Å². The Morgan fingerprint density at radius 2 is 2.26 bits per heavy atom. The summed E-state index contributed by atoms with van der Waals surface area (Å²) in [6.07, 6.45) is 4.17. The number of hydrogen-bond donors (Lipinski definition) is 1. The molecule has 102 valence electrons. The Morgan fingerprint density at radius 3 is 2.84 bits per heavy atom. The maximum atomic E-state index is 10.4. The molecule has 4 nitrogen and oxygen atoms in total. The Kier molecular flexibility index (Phi) is 2.92. The van der Waals surface area contributed by atoms with Crippen molar-refractivity contribution in [3.05, 3.63) is 23.0 Å². The summed E-state index contributed by atoms with van der Waals surface area (Å²) in [6, 6.07) is 4.54. The van der Waals surface area contributed by atoms with Gasteiger partial charge in [-0.05, 0) is 50.8 Å². The summed E-state index contributed by atoms with van der Waals surface area (Å²) in [5.41, 5.74) is 2.67. The van der Waals surface area contributed by atoms with Gasteiger partial charge in [-0.25, -0.2) is 0 Å². The van der Waals surface area contributed by atoms with Crippen LogP contribution in [0.4, 0.5) is 0 Å². The minimum Gasteiger partial charge on any atom is -0.388 e. The fraction of sp³-hybridized carbons (Fsp3) is 0.667. The molecule has 1 saturated heterocycles. The highest BCUT2D eigenvalue weighted by Gasteiger charge is 2.51. The van der Waals surface area contributed by atoms with E-state index in [9.17, 15) is 5.11 Å². The summed E-state index contributed by atoms with van der Waals surface area (Å²) in [6.45, 7) is 3.98. The number of nitrogens with zero attached hydrogens (tertiary/aromatic N) is 3. The lowest BCUT2D eigenvalue weighted by molar-refractivity contribution is 0.0480. The second-order valence-corrected chi connectivity index (χ2v) is 6.04. The van der Waals surface area contributed by atoms with Crippen LogP contribution in [-0.4, -0.2) is 32.8 Å². The number of aromatic nitrogens is 1. The largest absolute Gasteiger partial charge is 0.388 e. The number of hydrogen-bond acceptors (Lipinski definition) is 3. The van der Waals surface area contributed by atoms with Gasteiger partial charge in [-0.3, -0.25) is 4.90 Å². The summed E-state index contributed by atoms with van der Waals surface area (Å²) in [7, 11) is 1.94. The zero-order chi connectivity index (χ0) is 13.6. The topological polar surface area (TPSA) is 52.2 Å². The first-order valence-electron chi connectivity index (χ1n) is 7.07. The summed E-state index contributed by atoms with van der Waals surface area (Å²) in [5, 5.41) is 19.4. The molecule has 4 heteroatoms. The van der Waals surface area contributed by atoms with E-state index >= 15 is 0 Å². The Bertz CT molecular complexity index is 536. The third-order valence-corrected chi connectivity index (χ3v) is 4.87. The molecule has 1 aliphatic carbocycles. The molecule has 1 aromatic heterocycles. The van der Waals surface area contributed by atoms with Gasteiger partial charge in [0, 0.05) is 25.3 Å². The lowest BCUT2D eigenvalue weighted by Crippen LogP contribution is -2.40. The van der Waals surface area contributed by atoms with Gasteiger partial charge in [-0.15, -0.1) is 0 Å².